The number of carbonyl (C=O) groups is 6. The van der Waals surface area contributed by atoms with Crippen LogP contribution in [0.2, 0.25) is 0 Å². The molecule has 0 spiro atoms. The molecule has 2 amide bonds. The second kappa shape index (κ2) is 93.7. The maximum absolute atomic E-state index is 15.8. The molecule has 1 rings (SSSR count). The summed E-state index contributed by atoms with van der Waals surface area (Å²) in [6.45, 7) is 20.7. The predicted molar refractivity (Wildman–Crippen MR) is 547 cm³/mol. The number of nitrogens with one attached hydrogen (secondary N) is 2. The third-order valence-electron chi connectivity index (χ3n) is 26.5. The summed E-state index contributed by atoms with van der Waals surface area (Å²) in [4.78, 5) is 88.6. The highest BCUT2D eigenvalue weighted by Gasteiger charge is 2.54. The molecule has 0 aromatic carbocycles. The van der Waals surface area contributed by atoms with Gasteiger partial charge in [-0.05, 0) is 83.5 Å². The average molecular weight is 1910 g/mol. The van der Waals surface area contributed by atoms with Crippen molar-refractivity contribution in [2.24, 2.45) is 5.41 Å². The van der Waals surface area contributed by atoms with E-state index in [0.29, 0.717) is 90.1 Å². The highest BCUT2D eigenvalue weighted by molar-refractivity contribution is 7.48. The van der Waals surface area contributed by atoms with Crippen LogP contribution in [0.15, 0.2) is 0 Å². The average Bonchev–Trinajstić information content (AvgIpc) is 0.771. The van der Waals surface area contributed by atoms with Gasteiger partial charge in [0.1, 0.15) is 36.6 Å². The van der Waals surface area contributed by atoms with E-state index >= 15 is 14.2 Å². The highest BCUT2D eigenvalue weighted by atomic mass is 31.2. The first-order valence-electron chi connectivity index (χ1n) is 56.9. The second-order valence-electron chi connectivity index (χ2n) is 39.7. The number of aliphatic hydroxyl groups excluding tert-OH is 1. The topological polar surface area (TPSA) is 265 Å². The van der Waals surface area contributed by atoms with Crippen LogP contribution >= 0.6 is 7.82 Å². The van der Waals surface area contributed by atoms with Crippen LogP contribution in [-0.4, -0.2) is 149 Å². The Balaban J connectivity index is 4.41. The van der Waals surface area contributed by atoms with Gasteiger partial charge in [-0.3, -0.25) is 42.3 Å². The molecule has 133 heavy (non-hydrogen) atoms. The van der Waals surface area contributed by atoms with E-state index in [1.807, 2.05) is 20.8 Å². The number of phosphoric ester groups is 1. The lowest BCUT2D eigenvalue weighted by Gasteiger charge is -2.47. The molecule has 22 heteroatoms. The molecule has 0 saturated carbocycles. The summed E-state index contributed by atoms with van der Waals surface area (Å²) in [6, 6.07) is -1.53. The molecule has 1 fully saturated rings. The van der Waals surface area contributed by atoms with Gasteiger partial charge >= 0.3 is 31.7 Å². The van der Waals surface area contributed by atoms with Crippen LogP contribution < -0.4 is 10.6 Å². The summed E-state index contributed by atoms with van der Waals surface area (Å²) in [5, 5.41) is 18.4. The number of carbonyl (C=O) groups excluding carboxylic acids is 6. The van der Waals surface area contributed by atoms with Crippen molar-refractivity contribution in [3.63, 3.8) is 0 Å². The van der Waals surface area contributed by atoms with Crippen LogP contribution in [0.4, 0.5) is 0 Å². The first-order valence-corrected chi connectivity index (χ1v) is 58.4. The fourth-order valence-electron chi connectivity index (χ4n) is 17.6. The Labute approximate surface area is 817 Å². The van der Waals surface area contributed by atoms with Gasteiger partial charge in [-0.2, -0.15) is 0 Å². The molecule has 21 nitrogen and oxygen atoms in total. The summed E-state index contributed by atoms with van der Waals surface area (Å²) in [5.41, 5.74) is -1.40. The number of hydrogen-bond acceptors (Lipinski definition) is 19. The van der Waals surface area contributed by atoms with Crippen LogP contribution in [0.5, 0.6) is 0 Å². The first kappa shape index (κ1) is 128. The smallest absolute Gasteiger partial charge is 0.462 e. The van der Waals surface area contributed by atoms with Gasteiger partial charge in [-0.25, -0.2) is 4.57 Å². The molecular weight excluding hydrogens is 1700 g/mol. The molecule has 0 radical (unpaired) electrons. The summed E-state index contributed by atoms with van der Waals surface area (Å²) in [6.07, 6.45) is 64.7. The number of rotatable bonds is 103. The van der Waals surface area contributed by atoms with Crippen LogP contribution in [-0.2, 0) is 84.8 Å². The minimum atomic E-state index is -4.65. The zero-order valence-corrected chi connectivity index (χ0v) is 89.1. The highest BCUT2D eigenvalue weighted by Crippen LogP contribution is 2.53. The minimum Gasteiger partial charge on any atom is -0.462 e. The second-order valence-corrected chi connectivity index (χ2v) is 41.3. The van der Waals surface area contributed by atoms with Crippen LogP contribution in [0.1, 0.15) is 564 Å². The SMILES string of the molecule is CCCCCCCCCCCCCC(=O)OC(CCCCCCCCCCC)CC(=O)NCC(CO)(COCCCC)COC1OC(COCCCC)C(OP(=O)(OCCCC)OCCCC)C(OC(=O)CC(CCCCCCCCCCC)OC(=O)CCCCCCCCCCCCC)C1NC(=O)CC(CCCCCCCCCCC)OC(=O)CCCCCCCCCCCCC. The van der Waals surface area contributed by atoms with Crippen LogP contribution in [0, 0.1) is 5.41 Å². The van der Waals surface area contributed by atoms with E-state index < -0.39 is 86.6 Å². The molecule has 1 saturated heterocycles. The van der Waals surface area contributed by atoms with Gasteiger partial charge in [-0.1, -0.05) is 442 Å². The van der Waals surface area contributed by atoms with Crippen molar-refractivity contribution in [1.82, 2.24) is 10.6 Å². The zero-order chi connectivity index (χ0) is 97.1. The molecule has 3 N–H and O–H groups in total. The van der Waals surface area contributed by atoms with E-state index in [2.05, 4.69) is 59.1 Å². The van der Waals surface area contributed by atoms with Gasteiger partial charge in [0.05, 0.1) is 64.3 Å². The van der Waals surface area contributed by atoms with E-state index in [0.717, 1.165) is 154 Å². The van der Waals surface area contributed by atoms with E-state index in [9.17, 15) is 24.3 Å². The van der Waals surface area contributed by atoms with Gasteiger partial charge in [0.25, 0.3) is 0 Å². The van der Waals surface area contributed by atoms with Crippen molar-refractivity contribution in [1.29, 1.82) is 0 Å². The fraction of sp³-hybridized carbons (Fsp3) is 0.946. The Morgan fingerprint density at radius 3 is 0.955 bits per heavy atom. The number of unbranched alkanes of at least 4 members (excludes halogenated alkanes) is 58. The van der Waals surface area contributed by atoms with Crippen molar-refractivity contribution in [3.8, 4) is 0 Å². The third-order valence-corrected chi connectivity index (χ3v) is 28.0. The summed E-state index contributed by atoms with van der Waals surface area (Å²) >= 11 is 0. The predicted octanol–water partition coefficient (Wildman–Crippen LogP) is 30.8. The van der Waals surface area contributed by atoms with Crippen LogP contribution in [0.25, 0.3) is 0 Å². The molecule has 1 aliphatic rings. The number of amides is 2. The quantitative estimate of drug-likeness (QED) is 0.0221. The molecule has 0 aromatic rings. The van der Waals surface area contributed by atoms with Gasteiger partial charge < -0.3 is 53.6 Å². The summed E-state index contributed by atoms with van der Waals surface area (Å²) in [7, 11) is -4.65. The number of hydrogen-bond donors (Lipinski definition) is 3. The van der Waals surface area contributed by atoms with Gasteiger partial charge in [0.2, 0.25) is 11.8 Å². The first-order chi connectivity index (χ1) is 65.0. The molecular formula is C111H213N2O19P. The van der Waals surface area contributed by atoms with Gasteiger partial charge in [0.15, 0.2) is 12.4 Å². The molecule has 9 unspecified atom stereocenters. The standard InChI is InChI=1S/C111H213N2O19P/c1-11-21-31-37-43-49-52-58-64-70-76-82-103(117)127-97(79-73-67-61-55-46-40-34-24-14-4)89-101(115)112-93-111(94-114,95-123-86-28-18-8)96-124-110-107(113-102(116)90-98(80-74-68-62-56-47-41-35-25-15-5)128-104(118)83-77-71-65-59-53-50-44-38-32-22-12-2)109(108(100(130-110)92-122-85-27-17-7)132-133(121,125-87-29-19-9)126-88-30-20-10)131-106(120)91-99(81-75-69-63-57-48-42-36-26-16-6)129-105(119)84-78-72-66-60-54-51-45-39-33-23-13-3/h97-100,107-110,114H,11-96H2,1-10H3,(H,112,115)(H,113,116). The monoisotopic (exact) mass is 1910 g/mol. The molecule has 0 bridgehead atoms. The van der Waals surface area contributed by atoms with Gasteiger partial charge in [-0.15, -0.1) is 0 Å². The third kappa shape index (κ3) is 75.3. The Kier molecular flexibility index (Phi) is 90.0. The fourth-order valence-corrected chi connectivity index (χ4v) is 19.1. The molecule has 0 aromatic heterocycles. The molecule has 9 atom stereocenters. The number of ether oxygens (including phenoxy) is 8. The maximum Gasteiger partial charge on any atom is 0.475 e. The van der Waals surface area contributed by atoms with E-state index in [1.54, 1.807) is 0 Å². The van der Waals surface area contributed by atoms with Crippen molar-refractivity contribution >= 4 is 43.5 Å². The van der Waals surface area contributed by atoms with Crippen molar-refractivity contribution in [2.75, 3.05) is 59.4 Å². The Hall–Kier alpha value is -3.27. The Bertz CT molecular complexity index is 2670. The van der Waals surface area contributed by atoms with E-state index in [4.69, 9.17) is 51.5 Å². The molecule has 1 heterocycles. The Morgan fingerprint density at radius 1 is 0.331 bits per heavy atom. The lowest BCUT2D eigenvalue weighted by atomic mass is 9.90. The molecule has 0 aliphatic carbocycles. The van der Waals surface area contributed by atoms with E-state index in [-0.39, 0.29) is 103 Å². The minimum absolute atomic E-state index is 0.00435. The number of aliphatic hydroxyl groups is 1. The lowest BCUT2D eigenvalue weighted by Crippen LogP contribution is -2.67. The van der Waals surface area contributed by atoms with Crippen molar-refractivity contribution < 1.29 is 89.9 Å². The number of phosphoric acid groups is 1. The van der Waals surface area contributed by atoms with E-state index in [1.165, 1.54) is 218 Å². The van der Waals surface area contributed by atoms with Crippen LogP contribution in [0.3, 0.4) is 0 Å². The molecule has 786 valence electrons. The maximum atomic E-state index is 15.8. The summed E-state index contributed by atoms with van der Waals surface area (Å²) in [5.74, 6) is -2.86. The molecule has 1 aliphatic heterocycles. The van der Waals surface area contributed by atoms with Crippen molar-refractivity contribution in [3.05, 3.63) is 0 Å². The van der Waals surface area contributed by atoms with Crippen molar-refractivity contribution in [2.45, 2.75) is 613 Å². The zero-order valence-electron chi connectivity index (χ0n) is 88.2. The Morgan fingerprint density at radius 2 is 0.624 bits per heavy atom. The largest absolute Gasteiger partial charge is 0.475 e. The normalized spacial score (nSPS) is 16.4. The lowest BCUT2D eigenvalue weighted by molar-refractivity contribution is -0.281. The number of esters is 4. The van der Waals surface area contributed by atoms with Gasteiger partial charge in [0, 0.05) is 39.0 Å². The summed E-state index contributed by atoms with van der Waals surface area (Å²) < 4.78 is 88.3.